The number of hydrogen-bond acceptors (Lipinski definition) is 5. The van der Waals surface area contributed by atoms with E-state index in [4.69, 9.17) is 0 Å². The molecule has 2 rings (SSSR count). The second-order valence-corrected chi connectivity index (χ2v) is 6.16. The molecule has 1 aliphatic rings. The summed E-state index contributed by atoms with van der Waals surface area (Å²) in [4.78, 5) is 20.4. The van der Waals surface area contributed by atoms with E-state index < -0.39 is 0 Å². The summed E-state index contributed by atoms with van der Waals surface area (Å²) in [5, 5.41) is 6.98. The van der Waals surface area contributed by atoms with Crippen LogP contribution in [0.25, 0.3) is 0 Å². The number of carbonyl (C=O) groups excluding carboxylic acids is 1. The van der Waals surface area contributed by atoms with Crippen LogP contribution in [-0.4, -0.2) is 41.3 Å². The first-order chi connectivity index (χ1) is 9.63. The van der Waals surface area contributed by atoms with E-state index in [1.807, 2.05) is 19.9 Å². The number of nitrogens with zero attached hydrogens (tertiary/aromatic N) is 2. The van der Waals surface area contributed by atoms with Crippen LogP contribution in [0.4, 0.5) is 0 Å². The zero-order chi connectivity index (χ0) is 14.4. The van der Waals surface area contributed by atoms with Crippen molar-refractivity contribution in [3.8, 4) is 0 Å². The van der Waals surface area contributed by atoms with Gasteiger partial charge in [-0.2, -0.15) is 0 Å². The molecule has 0 bridgehead atoms. The standard InChI is InChI=1S/C14H22N4OS/c1-10-7-11(2)18-14(17-10)20-9-13(19)16-6-4-12-3-5-15-8-12/h7,12,15H,3-6,8-9H2,1-2H3,(H,16,19). The maximum absolute atomic E-state index is 11.8. The van der Waals surface area contributed by atoms with Gasteiger partial charge in [-0.1, -0.05) is 11.8 Å². The SMILES string of the molecule is Cc1cc(C)nc(SCC(=O)NCCC2CCNC2)n1. The minimum Gasteiger partial charge on any atom is -0.355 e. The molecule has 0 aliphatic carbocycles. The van der Waals surface area contributed by atoms with Gasteiger partial charge in [-0.05, 0) is 51.8 Å². The molecule has 1 aromatic rings. The third-order valence-corrected chi connectivity index (χ3v) is 4.18. The summed E-state index contributed by atoms with van der Waals surface area (Å²) in [6.45, 7) is 6.84. The average molecular weight is 294 g/mol. The lowest BCUT2D eigenvalue weighted by molar-refractivity contribution is -0.118. The van der Waals surface area contributed by atoms with Crippen molar-refractivity contribution in [2.45, 2.75) is 31.8 Å². The van der Waals surface area contributed by atoms with Crippen LogP contribution in [0.1, 0.15) is 24.2 Å². The van der Waals surface area contributed by atoms with Crippen molar-refractivity contribution in [3.63, 3.8) is 0 Å². The maximum atomic E-state index is 11.8. The number of rotatable bonds is 6. The van der Waals surface area contributed by atoms with E-state index in [-0.39, 0.29) is 5.91 Å². The fourth-order valence-electron chi connectivity index (χ4n) is 2.32. The minimum absolute atomic E-state index is 0.0590. The molecule has 0 saturated carbocycles. The third kappa shape index (κ3) is 5.09. The summed E-state index contributed by atoms with van der Waals surface area (Å²) < 4.78 is 0. The zero-order valence-electron chi connectivity index (χ0n) is 12.1. The van der Waals surface area contributed by atoms with Gasteiger partial charge in [0.15, 0.2) is 5.16 Å². The lowest BCUT2D eigenvalue weighted by Gasteiger charge is -2.09. The van der Waals surface area contributed by atoms with Crippen LogP contribution in [-0.2, 0) is 4.79 Å². The minimum atomic E-state index is 0.0590. The number of aryl methyl sites for hydroxylation is 2. The molecule has 0 spiro atoms. The molecule has 1 fully saturated rings. The Balaban J connectivity index is 1.66. The molecular formula is C14H22N4OS. The first-order valence-corrected chi connectivity index (χ1v) is 8.04. The largest absolute Gasteiger partial charge is 0.355 e. The molecule has 2 heterocycles. The smallest absolute Gasteiger partial charge is 0.230 e. The van der Waals surface area contributed by atoms with Crippen molar-refractivity contribution in [1.82, 2.24) is 20.6 Å². The van der Waals surface area contributed by atoms with E-state index in [0.717, 1.165) is 37.4 Å². The maximum Gasteiger partial charge on any atom is 0.230 e. The Morgan fingerprint density at radius 1 is 1.45 bits per heavy atom. The number of thioether (sulfide) groups is 1. The molecule has 1 aromatic heterocycles. The molecule has 1 amide bonds. The number of nitrogens with one attached hydrogen (secondary N) is 2. The van der Waals surface area contributed by atoms with Crippen molar-refractivity contribution in [2.75, 3.05) is 25.4 Å². The van der Waals surface area contributed by atoms with Crippen LogP contribution < -0.4 is 10.6 Å². The fourth-order valence-corrected chi connectivity index (χ4v) is 3.10. The fraction of sp³-hybridized carbons (Fsp3) is 0.643. The Kier molecular flexibility index (Phi) is 5.79. The molecule has 0 aromatic carbocycles. The van der Waals surface area contributed by atoms with Gasteiger partial charge in [-0.3, -0.25) is 4.79 Å². The molecule has 20 heavy (non-hydrogen) atoms. The van der Waals surface area contributed by atoms with Gasteiger partial charge < -0.3 is 10.6 Å². The Morgan fingerprint density at radius 3 is 2.85 bits per heavy atom. The van der Waals surface area contributed by atoms with Crippen molar-refractivity contribution in [3.05, 3.63) is 17.5 Å². The highest BCUT2D eigenvalue weighted by atomic mass is 32.2. The number of aromatic nitrogens is 2. The second kappa shape index (κ2) is 7.59. The lowest BCUT2D eigenvalue weighted by Crippen LogP contribution is -2.28. The van der Waals surface area contributed by atoms with Gasteiger partial charge >= 0.3 is 0 Å². The van der Waals surface area contributed by atoms with E-state index in [0.29, 0.717) is 16.8 Å². The van der Waals surface area contributed by atoms with Crippen LogP contribution in [0.3, 0.4) is 0 Å². The number of carbonyl (C=O) groups is 1. The topological polar surface area (TPSA) is 66.9 Å². The summed E-state index contributed by atoms with van der Waals surface area (Å²) in [5.41, 5.74) is 1.88. The predicted molar refractivity (Wildman–Crippen MR) is 80.8 cm³/mol. The lowest BCUT2D eigenvalue weighted by atomic mass is 10.1. The molecule has 6 heteroatoms. The van der Waals surface area contributed by atoms with Gasteiger partial charge in [0.1, 0.15) is 0 Å². The highest BCUT2D eigenvalue weighted by molar-refractivity contribution is 7.99. The van der Waals surface area contributed by atoms with Crippen LogP contribution in [0, 0.1) is 19.8 Å². The Morgan fingerprint density at radius 2 is 2.20 bits per heavy atom. The first-order valence-electron chi connectivity index (χ1n) is 7.06. The van der Waals surface area contributed by atoms with Crippen LogP contribution >= 0.6 is 11.8 Å². The normalized spacial score (nSPS) is 18.2. The van der Waals surface area contributed by atoms with Gasteiger partial charge in [-0.15, -0.1) is 0 Å². The van der Waals surface area contributed by atoms with E-state index >= 15 is 0 Å². The first kappa shape index (κ1) is 15.3. The summed E-state index contributed by atoms with van der Waals surface area (Å²) in [6, 6.07) is 1.93. The highest BCUT2D eigenvalue weighted by Crippen LogP contribution is 2.14. The van der Waals surface area contributed by atoms with Crippen molar-refractivity contribution in [2.24, 2.45) is 5.92 Å². The van der Waals surface area contributed by atoms with E-state index in [1.54, 1.807) is 0 Å². The molecular weight excluding hydrogens is 272 g/mol. The van der Waals surface area contributed by atoms with Crippen molar-refractivity contribution >= 4 is 17.7 Å². The average Bonchev–Trinajstić information content (AvgIpc) is 2.88. The summed E-state index contributed by atoms with van der Waals surface area (Å²) >= 11 is 1.39. The zero-order valence-corrected chi connectivity index (χ0v) is 12.9. The predicted octanol–water partition coefficient (Wildman–Crippen LogP) is 1.30. The van der Waals surface area contributed by atoms with Gasteiger partial charge in [0.25, 0.3) is 0 Å². The van der Waals surface area contributed by atoms with E-state index in [1.165, 1.54) is 18.2 Å². The Bertz CT molecular complexity index is 440. The monoisotopic (exact) mass is 294 g/mol. The van der Waals surface area contributed by atoms with Gasteiger partial charge in [0.05, 0.1) is 5.75 Å². The summed E-state index contributed by atoms with van der Waals surface area (Å²) in [6.07, 6.45) is 2.28. The molecule has 5 nitrogen and oxygen atoms in total. The molecule has 2 N–H and O–H groups in total. The quantitative estimate of drug-likeness (QED) is 0.611. The Hall–Kier alpha value is -1.14. The molecule has 1 saturated heterocycles. The number of hydrogen-bond donors (Lipinski definition) is 2. The van der Waals surface area contributed by atoms with Crippen LogP contribution in [0.2, 0.25) is 0 Å². The van der Waals surface area contributed by atoms with Crippen molar-refractivity contribution < 1.29 is 4.79 Å². The van der Waals surface area contributed by atoms with Gasteiger partial charge in [0, 0.05) is 17.9 Å². The van der Waals surface area contributed by atoms with E-state index in [9.17, 15) is 4.79 Å². The van der Waals surface area contributed by atoms with Gasteiger partial charge in [0.2, 0.25) is 5.91 Å². The number of amides is 1. The molecule has 1 unspecified atom stereocenters. The van der Waals surface area contributed by atoms with Crippen LogP contribution in [0.15, 0.2) is 11.2 Å². The molecule has 1 atom stereocenters. The van der Waals surface area contributed by atoms with Crippen molar-refractivity contribution in [1.29, 1.82) is 0 Å². The van der Waals surface area contributed by atoms with E-state index in [2.05, 4.69) is 20.6 Å². The highest BCUT2D eigenvalue weighted by Gasteiger charge is 2.14. The van der Waals surface area contributed by atoms with Crippen LogP contribution in [0.5, 0.6) is 0 Å². The summed E-state index contributed by atoms with van der Waals surface area (Å²) in [7, 11) is 0. The molecule has 0 radical (unpaired) electrons. The third-order valence-electron chi connectivity index (χ3n) is 3.33. The summed E-state index contributed by atoms with van der Waals surface area (Å²) in [5.74, 6) is 1.15. The van der Waals surface area contributed by atoms with Gasteiger partial charge in [-0.25, -0.2) is 9.97 Å². The Labute approximate surface area is 124 Å². The molecule has 110 valence electrons. The molecule has 1 aliphatic heterocycles. The second-order valence-electron chi connectivity index (χ2n) is 5.22.